The predicted octanol–water partition coefficient (Wildman–Crippen LogP) is 0.501. The molecule has 1 aromatic rings. The summed E-state index contributed by atoms with van der Waals surface area (Å²) in [6.07, 6.45) is 8.68. The van der Waals surface area contributed by atoms with Crippen LogP contribution in [-0.2, 0) is 4.74 Å². The van der Waals surface area contributed by atoms with Gasteiger partial charge in [-0.15, -0.1) is 6.42 Å². The first-order valence-corrected chi connectivity index (χ1v) is 2.93. The average Bonchev–Trinajstić information content (AvgIpc) is 2.52. The van der Waals surface area contributed by atoms with Crippen molar-refractivity contribution in [3.63, 3.8) is 0 Å². The molecule has 0 aliphatic rings. The van der Waals surface area contributed by atoms with Crippen molar-refractivity contribution in [1.29, 1.82) is 0 Å². The predicted molar refractivity (Wildman–Crippen MR) is 37.8 cm³/mol. The molecule has 11 heavy (non-hydrogen) atoms. The molecule has 0 unspecified atom stereocenters. The molecule has 0 aliphatic heterocycles. The van der Waals surface area contributed by atoms with E-state index in [9.17, 15) is 4.79 Å². The highest BCUT2D eigenvalue weighted by atomic mass is 16.5. The lowest BCUT2D eigenvalue weighted by Crippen LogP contribution is -2.11. The van der Waals surface area contributed by atoms with Crippen molar-refractivity contribution in [2.45, 2.75) is 0 Å². The van der Waals surface area contributed by atoms with E-state index in [-0.39, 0.29) is 6.61 Å². The van der Waals surface area contributed by atoms with Crippen LogP contribution >= 0.6 is 0 Å². The molecule has 4 heteroatoms. The van der Waals surface area contributed by atoms with Crippen molar-refractivity contribution in [2.75, 3.05) is 6.61 Å². The normalized spacial score (nSPS) is 8.64. The van der Waals surface area contributed by atoms with Crippen LogP contribution in [0.25, 0.3) is 0 Å². The minimum absolute atomic E-state index is 0.0169. The number of ether oxygens (including phenoxy) is 1. The number of hydrogen-bond acceptors (Lipinski definition) is 3. The Hall–Kier alpha value is -1.76. The summed E-state index contributed by atoms with van der Waals surface area (Å²) in [4.78, 5) is 14.5. The van der Waals surface area contributed by atoms with E-state index in [1.807, 2.05) is 0 Å². The van der Waals surface area contributed by atoms with Gasteiger partial charge in [0.15, 0.2) is 6.61 Å². The maximum atomic E-state index is 10.9. The van der Waals surface area contributed by atoms with E-state index in [1.165, 1.54) is 23.3 Å². The van der Waals surface area contributed by atoms with Crippen molar-refractivity contribution in [1.82, 2.24) is 9.55 Å². The molecule has 0 N–H and O–H groups in total. The van der Waals surface area contributed by atoms with Crippen LogP contribution in [0.5, 0.6) is 0 Å². The van der Waals surface area contributed by atoms with Crippen LogP contribution in [0.3, 0.4) is 0 Å². The van der Waals surface area contributed by atoms with E-state index < -0.39 is 6.09 Å². The van der Waals surface area contributed by atoms with Gasteiger partial charge in [-0.05, 0) is 0 Å². The number of carbonyl (C=O) groups excluding carboxylic acids is 1. The highest BCUT2D eigenvalue weighted by Crippen LogP contribution is 1.88. The Morgan fingerprint density at radius 1 is 1.82 bits per heavy atom. The molecule has 0 aromatic carbocycles. The Balaban J connectivity index is 2.51. The van der Waals surface area contributed by atoms with Crippen molar-refractivity contribution in [3.05, 3.63) is 18.7 Å². The summed E-state index contributed by atoms with van der Waals surface area (Å²) in [5.41, 5.74) is 0. The number of rotatable bonds is 1. The topological polar surface area (TPSA) is 44.1 Å². The first kappa shape index (κ1) is 7.35. The second kappa shape index (κ2) is 3.42. The van der Waals surface area contributed by atoms with Gasteiger partial charge in [0.1, 0.15) is 6.33 Å². The fourth-order valence-electron chi connectivity index (χ4n) is 0.545. The number of carbonyl (C=O) groups is 1. The fraction of sp³-hybridized carbons (Fsp3) is 0.143. The number of hydrogen-bond donors (Lipinski definition) is 0. The zero-order valence-electron chi connectivity index (χ0n) is 5.73. The van der Waals surface area contributed by atoms with Gasteiger partial charge in [0, 0.05) is 12.4 Å². The largest absolute Gasteiger partial charge is 0.436 e. The second-order valence-corrected chi connectivity index (χ2v) is 1.73. The summed E-state index contributed by atoms with van der Waals surface area (Å²) >= 11 is 0. The summed E-state index contributed by atoms with van der Waals surface area (Å²) in [7, 11) is 0. The molecule has 56 valence electrons. The summed E-state index contributed by atoms with van der Waals surface area (Å²) in [5, 5.41) is 0. The smallest absolute Gasteiger partial charge is 0.420 e. The lowest BCUT2D eigenvalue weighted by molar-refractivity contribution is 0.162. The first-order chi connectivity index (χ1) is 5.34. The van der Waals surface area contributed by atoms with E-state index in [1.54, 1.807) is 0 Å². The third-order valence-corrected chi connectivity index (χ3v) is 0.994. The maximum absolute atomic E-state index is 10.9. The van der Waals surface area contributed by atoms with Crippen LogP contribution in [0.1, 0.15) is 0 Å². The van der Waals surface area contributed by atoms with E-state index in [4.69, 9.17) is 6.42 Å². The highest BCUT2D eigenvalue weighted by Gasteiger charge is 2.01. The second-order valence-electron chi connectivity index (χ2n) is 1.73. The number of aromatic nitrogens is 2. The molecule has 1 rings (SSSR count). The standard InChI is InChI=1S/C7H6N2O2/c1-2-5-11-7(10)9-4-3-8-6-9/h1,3-4,6H,5H2. The Kier molecular flexibility index (Phi) is 2.28. The number of imidazole rings is 1. The molecule has 0 amide bonds. The minimum Gasteiger partial charge on any atom is -0.436 e. The molecule has 0 aliphatic carbocycles. The summed E-state index contributed by atoms with van der Waals surface area (Å²) in [5.74, 6) is 2.18. The van der Waals surface area contributed by atoms with Crippen LogP contribution in [0, 0.1) is 12.3 Å². The monoisotopic (exact) mass is 150 g/mol. The zero-order valence-corrected chi connectivity index (χ0v) is 5.73. The van der Waals surface area contributed by atoms with Crippen LogP contribution in [0.15, 0.2) is 18.7 Å². The molecule has 0 bridgehead atoms. The summed E-state index contributed by atoms with van der Waals surface area (Å²) in [6, 6.07) is 0. The SMILES string of the molecule is C#CCOC(=O)n1ccnc1. The van der Waals surface area contributed by atoms with Crippen molar-refractivity contribution < 1.29 is 9.53 Å². The zero-order chi connectivity index (χ0) is 8.10. The Morgan fingerprint density at radius 3 is 3.18 bits per heavy atom. The molecular formula is C7H6N2O2. The van der Waals surface area contributed by atoms with Crippen molar-refractivity contribution in [3.8, 4) is 12.3 Å². The van der Waals surface area contributed by atoms with Crippen molar-refractivity contribution in [2.24, 2.45) is 0 Å². The lowest BCUT2D eigenvalue weighted by Gasteiger charge is -1.98. The molecule has 1 aromatic heterocycles. The first-order valence-electron chi connectivity index (χ1n) is 2.93. The molecule has 0 atom stereocenters. The van der Waals surface area contributed by atoms with Gasteiger partial charge in [0.25, 0.3) is 0 Å². The molecule has 1 heterocycles. The Labute approximate surface area is 63.8 Å². The van der Waals surface area contributed by atoms with Gasteiger partial charge >= 0.3 is 6.09 Å². The van der Waals surface area contributed by atoms with Crippen LogP contribution < -0.4 is 0 Å². The van der Waals surface area contributed by atoms with Gasteiger partial charge in [-0.3, -0.25) is 0 Å². The summed E-state index contributed by atoms with van der Waals surface area (Å²) in [6.45, 7) is -0.0169. The van der Waals surface area contributed by atoms with Gasteiger partial charge in [-0.2, -0.15) is 0 Å². The van der Waals surface area contributed by atoms with Crippen LogP contribution in [0.2, 0.25) is 0 Å². The quantitative estimate of drug-likeness (QED) is 0.547. The summed E-state index contributed by atoms with van der Waals surface area (Å²) < 4.78 is 5.79. The average molecular weight is 150 g/mol. The van der Waals surface area contributed by atoms with E-state index in [0.717, 1.165) is 0 Å². The van der Waals surface area contributed by atoms with Gasteiger partial charge in [0.2, 0.25) is 0 Å². The highest BCUT2D eigenvalue weighted by molar-refractivity contribution is 5.70. The van der Waals surface area contributed by atoms with Crippen molar-refractivity contribution >= 4 is 6.09 Å². The minimum atomic E-state index is -0.513. The molecule has 0 saturated heterocycles. The molecule has 0 fully saturated rings. The molecule has 0 saturated carbocycles. The lowest BCUT2D eigenvalue weighted by atomic mass is 10.7. The van der Waals surface area contributed by atoms with Gasteiger partial charge in [-0.25, -0.2) is 14.3 Å². The van der Waals surface area contributed by atoms with E-state index >= 15 is 0 Å². The van der Waals surface area contributed by atoms with Gasteiger partial charge in [0.05, 0.1) is 0 Å². The van der Waals surface area contributed by atoms with Crippen LogP contribution in [-0.4, -0.2) is 22.3 Å². The number of nitrogens with zero attached hydrogens (tertiary/aromatic N) is 2. The Bertz CT molecular complexity index is 271. The third kappa shape index (κ3) is 1.83. The molecule has 4 nitrogen and oxygen atoms in total. The third-order valence-electron chi connectivity index (χ3n) is 0.994. The Morgan fingerprint density at radius 2 is 2.64 bits per heavy atom. The molecular weight excluding hydrogens is 144 g/mol. The number of terminal acetylenes is 1. The molecule has 0 radical (unpaired) electrons. The van der Waals surface area contributed by atoms with Gasteiger partial charge < -0.3 is 4.74 Å². The van der Waals surface area contributed by atoms with E-state index in [2.05, 4.69) is 15.6 Å². The molecule has 0 spiro atoms. The van der Waals surface area contributed by atoms with E-state index in [0.29, 0.717) is 0 Å². The van der Waals surface area contributed by atoms with Crippen LogP contribution in [0.4, 0.5) is 4.79 Å². The van der Waals surface area contributed by atoms with Gasteiger partial charge in [-0.1, -0.05) is 5.92 Å². The maximum Gasteiger partial charge on any atom is 0.420 e. The fourth-order valence-corrected chi connectivity index (χ4v) is 0.545.